The first-order chi connectivity index (χ1) is 12.1. The second-order valence-corrected chi connectivity index (χ2v) is 6.72. The Labute approximate surface area is 144 Å². The Morgan fingerprint density at radius 1 is 1.16 bits per heavy atom. The maximum absolute atomic E-state index is 14.2. The first-order valence-electron chi connectivity index (χ1n) is 8.33. The summed E-state index contributed by atoms with van der Waals surface area (Å²) >= 11 is 0. The van der Waals surface area contributed by atoms with E-state index in [2.05, 4.69) is 4.98 Å². The van der Waals surface area contributed by atoms with Gasteiger partial charge in [0.1, 0.15) is 17.2 Å². The van der Waals surface area contributed by atoms with E-state index in [1.54, 1.807) is 12.3 Å². The lowest BCUT2D eigenvalue weighted by Crippen LogP contribution is -2.36. The Kier molecular flexibility index (Phi) is 2.76. The molecule has 1 saturated carbocycles. The molecule has 5 heteroatoms. The van der Waals surface area contributed by atoms with Gasteiger partial charge in [-0.05, 0) is 43.2 Å². The molecule has 0 bridgehead atoms. The molecule has 0 atom stereocenters. The van der Waals surface area contributed by atoms with E-state index in [0.717, 1.165) is 24.1 Å². The number of halogens is 1. The molecule has 25 heavy (non-hydrogen) atoms. The van der Waals surface area contributed by atoms with E-state index >= 15 is 0 Å². The van der Waals surface area contributed by atoms with E-state index in [1.807, 2.05) is 53.0 Å². The van der Waals surface area contributed by atoms with Gasteiger partial charge in [-0.1, -0.05) is 12.1 Å². The van der Waals surface area contributed by atoms with Crippen LogP contribution >= 0.6 is 0 Å². The number of benzene rings is 1. The van der Waals surface area contributed by atoms with Crippen molar-refractivity contribution in [2.75, 3.05) is 7.05 Å². The first kappa shape index (κ1) is 14.4. The predicted molar refractivity (Wildman–Crippen MR) is 92.0 cm³/mol. The van der Waals surface area contributed by atoms with Crippen molar-refractivity contribution < 1.29 is 9.18 Å². The molecule has 2 aromatic heterocycles. The molecule has 124 valence electrons. The Morgan fingerprint density at radius 2 is 2.00 bits per heavy atom. The molecule has 1 amide bonds. The molecule has 3 heterocycles. The van der Waals surface area contributed by atoms with Crippen LogP contribution in [0.25, 0.3) is 16.9 Å². The number of rotatable bonds is 1. The van der Waals surface area contributed by atoms with Crippen molar-refractivity contribution in [3.05, 3.63) is 71.9 Å². The van der Waals surface area contributed by atoms with Crippen molar-refractivity contribution >= 4 is 5.91 Å². The summed E-state index contributed by atoms with van der Waals surface area (Å²) < 4.78 is 16.1. The zero-order valence-corrected chi connectivity index (χ0v) is 13.7. The highest BCUT2D eigenvalue weighted by atomic mass is 19.1. The van der Waals surface area contributed by atoms with Crippen molar-refractivity contribution in [1.82, 2.24) is 14.5 Å². The molecule has 0 N–H and O–H groups in total. The molecule has 5 rings (SSSR count). The van der Waals surface area contributed by atoms with E-state index in [9.17, 15) is 9.18 Å². The van der Waals surface area contributed by atoms with E-state index < -0.39 is 0 Å². The summed E-state index contributed by atoms with van der Waals surface area (Å²) in [6, 6.07) is 12.5. The van der Waals surface area contributed by atoms with Gasteiger partial charge in [0.2, 0.25) is 0 Å². The third-order valence-electron chi connectivity index (χ3n) is 5.43. The number of carbonyl (C=O) groups excluding carboxylic acids is 1. The molecular formula is C20H16FN3O. The maximum atomic E-state index is 14.2. The monoisotopic (exact) mass is 333 g/mol. The van der Waals surface area contributed by atoms with Crippen LogP contribution in [0.3, 0.4) is 0 Å². The fourth-order valence-electron chi connectivity index (χ4n) is 3.91. The molecule has 3 aromatic rings. The second-order valence-electron chi connectivity index (χ2n) is 6.72. The van der Waals surface area contributed by atoms with Gasteiger partial charge in [0.05, 0.1) is 11.2 Å². The summed E-state index contributed by atoms with van der Waals surface area (Å²) in [6.07, 6.45) is 5.37. The predicted octanol–water partition coefficient (Wildman–Crippen LogP) is 3.75. The summed E-state index contributed by atoms with van der Waals surface area (Å²) in [6.45, 7) is 0. The van der Waals surface area contributed by atoms with Crippen LogP contribution in [-0.2, 0) is 5.54 Å². The summed E-state index contributed by atoms with van der Waals surface area (Å²) in [5.74, 6) is -0.331. The van der Waals surface area contributed by atoms with Gasteiger partial charge < -0.3 is 9.47 Å². The number of carbonyl (C=O) groups is 1. The van der Waals surface area contributed by atoms with Gasteiger partial charge in [0.25, 0.3) is 5.91 Å². The van der Waals surface area contributed by atoms with Crippen molar-refractivity contribution in [3.63, 3.8) is 0 Å². The molecule has 0 unspecified atom stereocenters. The number of fused-ring (bicyclic) bond motifs is 4. The third-order valence-corrected chi connectivity index (χ3v) is 5.43. The molecule has 4 nitrogen and oxygen atoms in total. The lowest BCUT2D eigenvalue weighted by Gasteiger charge is -2.27. The third kappa shape index (κ3) is 1.86. The van der Waals surface area contributed by atoms with Crippen LogP contribution in [0.2, 0.25) is 0 Å². The Balaban J connectivity index is 1.79. The Morgan fingerprint density at radius 3 is 2.76 bits per heavy atom. The van der Waals surface area contributed by atoms with Crippen molar-refractivity contribution in [1.29, 1.82) is 0 Å². The number of pyridine rings is 1. The van der Waals surface area contributed by atoms with Gasteiger partial charge in [0.15, 0.2) is 0 Å². The molecule has 1 fully saturated rings. The minimum Gasteiger partial charge on any atom is -0.331 e. The normalized spacial score (nSPS) is 17.2. The zero-order chi connectivity index (χ0) is 17.2. The van der Waals surface area contributed by atoms with E-state index in [0.29, 0.717) is 17.0 Å². The van der Waals surface area contributed by atoms with E-state index in [-0.39, 0.29) is 17.3 Å². The number of aromatic nitrogens is 2. The lowest BCUT2D eigenvalue weighted by atomic mass is 9.98. The second kappa shape index (κ2) is 4.79. The van der Waals surface area contributed by atoms with Gasteiger partial charge in [-0.15, -0.1) is 0 Å². The topological polar surface area (TPSA) is 38.1 Å². The molecule has 1 aromatic carbocycles. The number of amides is 1. The standard InChI is InChI=1S/C20H16FN3O/c1-23-19(25)16-5-3-11-24(16)17-12-13(18-15(21)4-2-10-22-18)6-7-14(17)20(23)8-9-20/h2-7,10-12H,8-9H2,1H3. The van der Waals surface area contributed by atoms with Crippen LogP contribution in [0.5, 0.6) is 0 Å². The van der Waals surface area contributed by atoms with Gasteiger partial charge in [0, 0.05) is 30.6 Å². The largest absolute Gasteiger partial charge is 0.331 e. The van der Waals surface area contributed by atoms with Crippen LogP contribution in [0.15, 0.2) is 54.9 Å². The van der Waals surface area contributed by atoms with Crippen molar-refractivity contribution in [2.45, 2.75) is 18.4 Å². The van der Waals surface area contributed by atoms with E-state index in [1.165, 1.54) is 6.07 Å². The molecule has 2 aliphatic rings. The summed E-state index contributed by atoms with van der Waals surface area (Å²) in [7, 11) is 1.87. The average molecular weight is 333 g/mol. The number of nitrogens with zero attached hydrogens (tertiary/aromatic N) is 3. The molecule has 0 saturated heterocycles. The van der Waals surface area contributed by atoms with Crippen LogP contribution < -0.4 is 0 Å². The van der Waals surface area contributed by atoms with E-state index in [4.69, 9.17) is 0 Å². The fraction of sp³-hybridized carbons (Fsp3) is 0.200. The highest BCUT2D eigenvalue weighted by Gasteiger charge is 2.53. The minimum atomic E-state index is -0.349. The number of hydrogen-bond donors (Lipinski definition) is 0. The molecule has 1 spiro atoms. The lowest BCUT2D eigenvalue weighted by molar-refractivity contribution is 0.0705. The van der Waals surface area contributed by atoms with Crippen molar-refractivity contribution in [2.24, 2.45) is 0 Å². The highest BCUT2D eigenvalue weighted by Crippen LogP contribution is 2.54. The SMILES string of the molecule is CN1C(=O)c2cccn2-c2cc(-c3ncccc3F)ccc2C12CC2. The Bertz CT molecular complexity index is 1020. The summed E-state index contributed by atoms with van der Waals surface area (Å²) in [5.41, 5.74) is 3.46. The summed E-state index contributed by atoms with van der Waals surface area (Å²) in [5, 5.41) is 0. The molecule has 0 radical (unpaired) electrons. The molecule has 1 aliphatic heterocycles. The van der Waals surface area contributed by atoms with Gasteiger partial charge in [-0.25, -0.2) is 4.39 Å². The average Bonchev–Trinajstić information content (AvgIpc) is 3.30. The van der Waals surface area contributed by atoms with Crippen LogP contribution in [0.1, 0.15) is 28.9 Å². The highest BCUT2D eigenvalue weighted by molar-refractivity contribution is 5.95. The molecular weight excluding hydrogens is 317 g/mol. The van der Waals surface area contributed by atoms with Gasteiger partial charge in [-0.2, -0.15) is 0 Å². The smallest absolute Gasteiger partial charge is 0.271 e. The van der Waals surface area contributed by atoms with Crippen LogP contribution in [-0.4, -0.2) is 27.4 Å². The molecule has 1 aliphatic carbocycles. The van der Waals surface area contributed by atoms with Crippen LogP contribution in [0, 0.1) is 5.82 Å². The minimum absolute atomic E-state index is 0.0178. The van der Waals surface area contributed by atoms with Gasteiger partial charge >= 0.3 is 0 Å². The van der Waals surface area contributed by atoms with Crippen LogP contribution in [0.4, 0.5) is 4.39 Å². The fourth-order valence-corrected chi connectivity index (χ4v) is 3.91. The zero-order valence-electron chi connectivity index (χ0n) is 13.7. The number of hydrogen-bond acceptors (Lipinski definition) is 2. The maximum Gasteiger partial charge on any atom is 0.271 e. The summed E-state index contributed by atoms with van der Waals surface area (Å²) in [4.78, 5) is 18.9. The first-order valence-corrected chi connectivity index (χ1v) is 8.33. The Hall–Kier alpha value is -2.95. The van der Waals surface area contributed by atoms with Gasteiger partial charge in [-0.3, -0.25) is 9.78 Å². The quantitative estimate of drug-likeness (QED) is 0.680. The van der Waals surface area contributed by atoms with Crippen molar-refractivity contribution in [3.8, 4) is 16.9 Å².